The van der Waals surface area contributed by atoms with Crippen LogP contribution >= 0.6 is 11.6 Å². The fourth-order valence-corrected chi connectivity index (χ4v) is 3.19. The van der Waals surface area contributed by atoms with Gasteiger partial charge in [-0.05, 0) is 26.0 Å². The van der Waals surface area contributed by atoms with Crippen LogP contribution in [0.3, 0.4) is 0 Å². The van der Waals surface area contributed by atoms with Crippen LogP contribution < -0.4 is 20.1 Å². The zero-order valence-electron chi connectivity index (χ0n) is 18.4. The first-order valence-corrected chi connectivity index (χ1v) is 10.0. The molecule has 1 aromatic heterocycles. The van der Waals surface area contributed by atoms with Crippen LogP contribution in [0.25, 0.3) is 0 Å². The average Bonchev–Trinajstić information content (AvgIpc) is 2.76. The minimum atomic E-state index is -1.43. The number of methoxy groups -OCH3 is 2. The molecule has 0 bridgehead atoms. The second kappa shape index (κ2) is 9.61. The fourth-order valence-electron chi connectivity index (χ4n) is 3.02. The molecule has 3 rings (SSSR count). The third-order valence-electron chi connectivity index (χ3n) is 4.66. The normalized spacial score (nSPS) is 11.2. The molecule has 13 heteroatoms. The zero-order chi connectivity index (χ0) is 25.2. The van der Waals surface area contributed by atoms with Crippen LogP contribution in [0, 0.1) is 21.7 Å². The van der Waals surface area contributed by atoms with Gasteiger partial charge in [0.15, 0.2) is 11.6 Å². The number of hydrogen-bond donors (Lipinski definition) is 3. The Morgan fingerprint density at radius 1 is 1.06 bits per heavy atom. The first-order chi connectivity index (χ1) is 15.9. The largest absolute Gasteiger partial charge is 0.494 e. The molecule has 0 radical (unpaired) electrons. The van der Waals surface area contributed by atoms with Crippen molar-refractivity contribution in [3.05, 3.63) is 62.8 Å². The molecule has 34 heavy (non-hydrogen) atoms. The van der Waals surface area contributed by atoms with Gasteiger partial charge in [0.25, 0.3) is 0 Å². The second-order valence-corrected chi connectivity index (χ2v) is 7.90. The number of nitro benzene ring substituents is 1. The number of rotatable bonds is 8. The molecule has 180 valence electrons. The Hall–Kier alpha value is -3.77. The van der Waals surface area contributed by atoms with Crippen molar-refractivity contribution < 1.29 is 28.3 Å². The van der Waals surface area contributed by atoms with E-state index in [0.29, 0.717) is 0 Å². The number of benzene rings is 2. The maximum atomic E-state index is 14.1. The molecule has 0 spiro atoms. The Morgan fingerprint density at radius 2 is 1.74 bits per heavy atom. The first kappa shape index (κ1) is 24.9. The van der Waals surface area contributed by atoms with Gasteiger partial charge in [-0.2, -0.15) is 9.37 Å². The maximum Gasteiger partial charge on any atom is 0.307 e. The van der Waals surface area contributed by atoms with E-state index in [1.165, 1.54) is 40.3 Å². The molecule has 10 nitrogen and oxygen atoms in total. The lowest BCUT2D eigenvalue weighted by Gasteiger charge is -2.23. The lowest BCUT2D eigenvalue weighted by molar-refractivity contribution is -0.387. The summed E-state index contributed by atoms with van der Waals surface area (Å²) in [7, 11) is 2.64. The number of nitrogens with one attached hydrogen (secondary N) is 2. The number of aromatic nitrogens is 2. The molecule has 1 heterocycles. The van der Waals surface area contributed by atoms with Gasteiger partial charge in [-0.15, -0.1) is 0 Å². The van der Waals surface area contributed by atoms with Crippen LogP contribution in [-0.2, 0) is 5.60 Å². The molecule has 0 saturated carbocycles. The summed E-state index contributed by atoms with van der Waals surface area (Å²) in [6, 6.07) is 4.19. The Balaban J connectivity index is 2.05. The van der Waals surface area contributed by atoms with E-state index in [0.717, 1.165) is 18.2 Å². The summed E-state index contributed by atoms with van der Waals surface area (Å²) < 4.78 is 38.3. The summed E-state index contributed by atoms with van der Waals surface area (Å²) in [5, 5.41) is 27.1. The predicted molar refractivity (Wildman–Crippen MR) is 121 cm³/mol. The van der Waals surface area contributed by atoms with Crippen LogP contribution in [-0.4, -0.2) is 34.2 Å². The van der Waals surface area contributed by atoms with Crippen molar-refractivity contribution in [1.29, 1.82) is 0 Å². The van der Waals surface area contributed by atoms with E-state index in [2.05, 4.69) is 20.6 Å². The SMILES string of the molecule is COc1cc(F)c([N+](=O)[O-])cc1Nc1ncc(OC)c(Nc2cc(Cl)c(F)cc2C(C)(C)O)n1. The van der Waals surface area contributed by atoms with Gasteiger partial charge in [-0.25, -0.2) is 9.37 Å². The highest BCUT2D eigenvalue weighted by Gasteiger charge is 2.24. The third-order valence-corrected chi connectivity index (χ3v) is 4.95. The number of anilines is 4. The Bertz CT molecular complexity index is 1250. The van der Waals surface area contributed by atoms with Gasteiger partial charge >= 0.3 is 5.69 Å². The molecule has 0 aliphatic heterocycles. The molecule has 0 saturated heterocycles. The highest BCUT2D eigenvalue weighted by Crippen LogP contribution is 2.37. The van der Waals surface area contributed by atoms with E-state index < -0.39 is 27.8 Å². The summed E-state index contributed by atoms with van der Waals surface area (Å²) in [5.74, 6) is -1.58. The summed E-state index contributed by atoms with van der Waals surface area (Å²) >= 11 is 5.93. The molecule has 0 amide bonds. The Kier molecular flexibility index (Phi) is 7.03. The molecule has 2 aromatic carbocycles. The number of ether oxygens (including phenoxy) is 2. The highest BCUT2D eigenvalue weighted by atomic mass is 35.5. The van der Waals surface area contributed by atoms with Crippen LogP contribution in [0.5, 0.6) is 11.5 Å². The summed E-state index contributed by atoms with van der Waals surface area (Å²) in [6.45, 7) is 2.94. The smallest absolute Gasteiger partial charge is 0.307 e. The predicted octanol–water partition coefficient (Wildman–Crippen LogP) is 5.05. The van der Waals surface area contributed by atoms with E-state index in [4.69, 9.17) is 21.1 Å². The van der Waals surface area contributed by atoms with Gasteiger partial charge in [0.1, 0.15) is 11.6 Å². The summed E-state index contributed by atoms with van der Waals surface area (Å²) in [5.41, 5.74) is -1.73. The molecule has 0 aliphatic carbocycles. The standard InChI is InChI=1S/C21H20ClF2N5O5/c1-21(2,30)10-5-12(23)11(22)6-14(10)26-19-18(34-4)9-25-20(28-19)27-15-8-16(29(31)32)13(24)7-17(15)33-3/h5-9,30H,1-4H3,(H2,25,26,27,28). The minimum absolute atomic E-state index is 0.0216. The van der Waals surface area contributed by atoms with Crippen molar-refractivity contribution in [2.24, 2.45) is 0 Å². The fraction of sp³-hybridized carbons (Fsp3) is 0.238. The van der Waals surface area contributed by atoms with Gasteiger partial charge in [0.05, 0.1) is 41.7 Å². The van der Waals surface area contributed by atoms with Gasteiger partial charge in [-0.3, -0.25) is 10.1 Å². The van der Waals surface area contributed by atoms with Gasteiger partial charge in [0, 0.05) is 23.4 Å². The molecule has 0 fully saturated rings. The molecule has 0 unspecified atom stereocenters. The van der Waals surface area contributed by atoms with Crippen molar-refractivity contribution in [1.82, 2.24) is 9.97 Å². The van der Waals surface area contributed by atoms with Crippen LogP contribution in [0.4, 0.5) is 37.6 Å². The van der Waals surface area contributed by atoms with Crippen molar-refractivity contribution in [2.75, 3.05) is 24.9 Å². The third kappa shape index (κ3) is 5.24. The molecular weight excluding hydrogens is 476 g/mol. The average molecular weight is 496 g/mol. The number of nitrogens with zero attached hydrogens (tertiary/aromatic N) is 3. The van der Waals surface area contributed by atoms with Crippen molar-refractivity contribution in [3.63, 3.8) is 0 Å². The number of aliphatic hydroxyl groups is 1. The van der Waals surface area contributed by atoms with Crippen molar-refractivity contribution >= 4 is 40.4 Å². The van der Waals surface area contributed by atoms with Crippen molar-refractivity contribution in [3.8, 4) is 11.5 Å². The quantitative estimate of drug-likeness (QED) is 0.290. The van der Waals surface area contributed by atoms with Gasteiger partial charge < -0.3 is 25.2 Å². The van der Waals surface area contributed by atoms with Crippen molar-refractivity contribution in [2.45, 2.75) is 19.4 Å². The summed E-state index contributed by atoms with van der Waals surface area (Å²) in [4.78, 5) is 18.6. The Labute approximate surface area is 197 Å². The number of hydrogen-bond acceptors (Lipinski definition) is 9. The van der Waals surface area contributed by atoms with E-state index in [1.807, 2.05) is 0 Å². The number of halogens is 3. The van der Waals surface area contributed by atoms with E-state index in [1.54, 1.807) is 0 Å². The zero-order valence-corrected chi connectivity index (χ0v) is 19.2. The lowest BCUT2D eigenvalue weighted by atomic mass is 9.96. The molecule has 0 aliphatic rings. The molecular formula is C21H20ClF2N5O5. The molecule has 3 N–H and O–H groups in total. The van der Waals surface area contributed by atoms with Crippen LogP contribution in [0.2, 0.25) is 5.02 Å². The maximum absolute atomic E-state index is 14.1. The van der Waals surface area contributed by atoms with E-state index >= 15 is 0 Å². The molecule has 0 atom stereocenters. The number of nitro groups is 1. The Morgan fingerprint density at radius 3 is 2.32 bits per heavy atom. The lowest BCUT2D eigenvalue weighted by Crippen LogP contribution is -2.18. The van der Waals surface area contributed by atoms with Gasteiger partial charge in [-0.1, -0.05) is 11.6 Å². The monoisotopic (exact) mass is 495 g/mol. The van der Waals surface area contributed by atoms with E-state index in [9.17, 15) is 24.0 Å². The van der Waals surface area contributed by atoms with Crippen LogP contribution in [0.1, 0.15) is 19.4 Å². The topological polar surface area (TPSA) is 132 Å². The minimum Gasteiger partial charge on any atom is -0.494 e. The van der Waals surface area contributed by atoms with Gasteiger partial charge in [0.2, 0.25) is 11.8 Å². The summed E-state index contributed by atoms with van der Waals surface area (Å²) in [6.07, 6.45) is 1.30. The highest BCUT2D eigenvalue weighted by molar-refractivity contribution is 6.31. The first-order valence-electron chi connectivity index (χ1n) is 9.63. The van der Waals surface area contributed by atoms with E-state index in [-0.39, 0.29) is 45.2 Å². The molecule has 3 aromatic rings. The van der Waals surface area contributed by atoms with Crippen LogP contribution in [0.15, 0.2) is 30.5 Å². The second-order valence-electron chi connectivity index (χ2n) is 7.49.